The summed E-state index contributed by atoms with van der Waals surface area (Å²) in [5.41, 5.74) is 0. The van der Waals surface area contributed by atoms with E-state index >= 15 is 0 Å². The van der Waals surface area contributed by atoms with E-state index in [2.05, 4.69) is 6.92 Å². The van der Waals surface area contributed by atoms with Crippen molar-refractivity contribution in [1.29, 1.82) is 0 Å². The molecule has 11 heavy (non-hydrogen) atoms. The molecule has 1 rings (SSSR count). The average molecular weight is 156 g/mol. The van der Waals surface area contributed by atoms with Gasteiger partial charge in [-0.15, -0.1) is 0 Å². The standard InChI is InChI=1S/C8H12O3/c1-2-3-7-8(11-7)4-6(10)5-9/h5,7-8H,2-4H2,1H3. The van der Waals surface area contributed by atoms with Crippen LogP contribution in [0.3, 0.4) is 0 Å². The molecule has 0 aromatic carbocycles. The molecule has 1 heterocycles. The van der Waals surface area contributed by atoms with E-state index in [9.17, 15) is 9.59 Å². The first-order chi connectivity index (χ1) is 5.27. The van der Waals surface area contributed by atoms with E-state index in [-0.39, 0.29) is 24.4 Å². The molecule has 0 aliphatic carbocycles. The van der Waals surface area contributed by atoms with Crippen molar-refractivity contribution < 1.29 is 14.3 Å². The molecule has 2 unspecified atom stereocenters. The van der Waals surface area contributed by atoms with Crippen molar-refractivity contribution in [3.63, 3.8) is 0 Å². The van der Waals surface area contributed by atoms with Crippen LogP contribution in [0.5, 0.6) is 0 Å². The second-order valence-corrected chi connectivity index (χ2v) is 2.79. The molecule has 2 atom stereocenters. The number of carbonyl (C=O) groups excluding carboxylic acids is 2. The summed E-state index contributed by atoms with van der Waals surface area (Å²) in [4.78, 5) is 20.5. The van der Waals surface area contributed by atoms with E-state index in [0.717, 1.165) is 12.8 Å². The monoisotopic (exact) mass is 156 g/mol. The first-order valence-corrected chi connectivity index (χ1v) is 3.91. The van der Waals surface area contributed by atoms with Gasteiger partial charge >= 0.3 is 0 Å². The van der Waals surface area contributed by atoms with Gasteiger partial charge in [0.2, 0.25) is 0 Å². The topological polar surface area (TPSA) is 46.7 Å². The number of ether oxygens (including phenoxy) is 1. The SMILES string of the molecule is CCCC1OC1CC(=O)C=O. The fourth-order valence-electron chi connectivity index (χ4n) is 1.14. The normalized spacial score (nSPS) is 28.1. The van der Waals surface area contributed by atoms with Gasteiger partial charge in [0.05, 0.1) is 12.2 Å². The molecule has 3 nitrogen and oxygen atoms in total. The van der Waals surface area contributed by atoms with Crippen LogP contribution in [0.1, 0.15) is 26.2 Å². The smallest absolute Gasteiger partial charge is 0.197 e. The Balaban J connectivity index is 2.13. The van der Waals surface area contributed by atoms with Crippen LogP contribution in [0.25, 0.3) is 0 Å². The summed E-state index contributed by atoms with van der Waals surface area (Å²) in [5.74, 6) is -0.353. The molecular formula is C8H12O3. The Labute approximate surface area is 65.7 Å². The van der Waals surface area contributed by atoms with Crippen LogP contribution in [0, 0.1) is 0 Å². The molecule has 0 saturated carbocycles. The average Bonchev–Trinajstić information content (AvgIpc) is 2.69. The van der Waals surface area contributed by atoms with Crippen LogP contribution in [0.4, 0.5) is 0 Å². The Morgan fingerprint density at radius 3 is 2.82 bits per heavy atom. The maximum atomic E-state index is 10.6. The van der Waals surface area contributed by atoms with E-state index in [1.165, 1.54) is 0 Å². The van der Waals surface area contributed by atoms with Crippen LogP contribution in [-0.2, 0) is 14.3 Å². The lowest BCUT2D eigenvalue weighted by molar-refractivity contribution is -0.130. The van der Waals surface area contributed by atoms with Crippen LogP contribution in [0.2, 0.25) is 0 Å². The van der Waals surface area contributed by atoms with Crippen LogP contribution in [-0.4, -0.2) is 24.3 Å². The molecule has 1 aliphatic rings. The van der Waals surface area contributed by atoms with Crippen molar-refractivity contribution in [1.82, 2.24) is 0 Å². The number of epoxide rings is 1. The highest BCUT2D eigenvalue weighted by Gasteiger charge is 2.38. The lowest BCUT2D eigenvalue weighted by atomic mass is 10.1. The van der Waals surface area contributed by atoms with Crippen molar-refractivity contribution in [2.75, 3.05) is 0 Å². The van der Waals surface area contributed by atoms with E-state index in [4.69, 9.17) is 4.74 Å². The Morgan fingerprint density at radius 1 is 1.55 bits per heavy atom. The van der Waals surface area contributed by atoms with Gasteiger partial charge < -0.3 is 4.74 Å². The number of hydrogen-bond acceptors (Lipinski definition) is 3. The predicted octanol–water partition coefficient (Wildman–Crippen LogP) is 0.712. The molecule has 1 fully saturated rings. The molecule has 0 aromatic heterocycles. The summed E-state index contributed by atoms with van der Waals surface area (Å²) >= 11 is 0. The third kappa shape index (κ3) is 2.42. The molecule has 1 aliphatic heterocycles. The Morgan fingerprint density at radius 2 is 2.27 bits per heavy atom. The zero-order valence-corrected chi connectivity index (χ0v) is 6.58. The highest BCUT2D eigenvalue weighted by molar-refractivity contribution is 6.25. The van der Waals surface area contributed by atoms with Crippen molar-refractivity contribution in [3.8, 4) is 0 Å². The van der Waals surface area contributed by atoms with Gasteiger partial charge in [-0.2, -0.15) is 0 Å². The zero-order valence-electron chi connectivity index (χ0n) is 6.58. The van der Waals surface area contributed by atoms with E-state index in [1.54, 1.807) is 0 Å². The zero-order chi connectivity index (χ0) is 8.27. The minimum atomic E-state index is -0.353. The molecule has 0 bridgehead atoms. The number of ketones is 1. The van der Waals surface area contributed by atoms with Crippen molar-refractivity contribution in [2.24, 2.45) is 0 Å². The molecule has 0 N–H and O–H groups in total. The van der Waals surface area contributed by atoms with Crippen LogP contribution >= 0.6 is 0 Å². The van der Waals surface area contributed by atoms with E-state index in [0.29, 0.717) is 6.29 Å². The number of hydrogen-bond donors (Lipinski definition) is 0. The molecule has 1 saturated heterocycles. The van der Waals surface area contributed by atoms with E-state index in [1.807, 2.05) is 0 Å². The van der Waals surface area contributed by atoms with Crippen molar-refractivity contribution >= 4 is 12.1 Å². The minimum absolute atomic E-state index is 0.0349. The summed E-state index contributed by atoms with van der Waals surface area (Å²) in [5, 5.41) is 0. The molecule has 3 heteroatoms. The van der Waals surface area contributed by atoms with Gasteiger partial charge in [0.15, 0.2) is 12.1 Å². The Bertz CT molecular complexity index is 165. The van der Waals surface area contributed by atoms with Gasteiger partial charge in [0.25, 0.3) is 0 Å². The number of carbonyl (C=O) groups is 2. The van der Waals surface area contributed by atoms with Crippen LogP contribution in [0.15, 0.2) is 0 Å². The summed E-state index contributed by atoms with van der Waals surface area (Å²) < 4.78 is 5.15. The second-order valence-electron chi connectivity index (χ2n) is 2.79. The van der Waals surface area contributed by atoms with Crippen molar-refractivity contribution in [3.05, 3.63) is 0 Å². The minimum Gasteiger partial charge on any atom is -0.369 e. The first-order valence-electron chi connectivity index (χ1n) is 3.91. The lowest BCUT2D eigenvalue weighted by Gasteiger charge is -1.86. The molecule has 0 aromatic rings. The second kappa shape index (κ2) is 3.62. The summed E-state index contributed by atoms with van der Waals surface area (Å²) in [7, 11) is 0. The summed E-state index contributed by atoms with van der Waals surface area (Å²) in [6, 6.07) is 0. The van der Waals surface area contributed by atoms with Gasteiger partial charge in [-0.05, 0) is 6.42 Å². The van der Waals surface area contributed by atoms with Gasteiger partial charge in [-0.1, -0.05) is 13.3 Å². The molecule has 62 valence electrons. The maximum absolute atomic E-state index is 10.6. The van der Waals surface area contributed by atoms with Crippen LogP contribution < -0.4 is 0 Å². The van der Waals surface area contributed by atoms with Gasteiger partial charge in [0.1, 0.15) is 0 Å². The summed E-state index contributed by atoms with van der Waals surface area (Å²) in [6.45, 7) is 2.07. The highest BCUT2D eigenvalue weighted by Crippen LogP contribution is 2.28. The number of rotatable bonds is 5. The van der Waals surface area contributed by atoms with Gasteiger partial charge in [0, 0.05) is 6.42 Å². The molecule has 0 radical (unpaired) electrons. The molecule has 0 amide bonds. The highest BCUT2D eigenvalue weighted by atomic mass is 16.6. The van der Waals surface area contributed by atoms with Gasteiger partial charge in [-0.25, -0.2) is 0 Å². The molecular weight excluding hydrogens is 144 g/mol. The lowest BCUT2D eigenvalue weighted by Crippen LogP contribution is -2.05. The third-order valence-electron chi connectivity index (χ3n) is 1.79. The van der Waals surface area contributed by atoms with E-state index < -0.39 is 0 Å². The predicted molar refractivity (Wildman–Crippen MR) is 39.3 cm³/mol. The Kier molecular flexibility index (Phi) is 2.76. The van der Waals surface area contributed by atoms with Gasteiger partial charge in [-0.3, -0.25) is 9.59 Å². The molecule has 0 spiro atoms. The number of aldehydes is 1. The fourth-order valence-corrected chi connectivity index (χ4v) is 1.14. The third-order valence-corrected chi connectivity index (χ3v) is 1.79. The first kappa shape index (κ1) is 8.40. The maximum Gasteiger partial charge on any atom is 0.197 e. The largest absolute Gasteiger partial charge is 0.369 e. The fraction of sp³-hybridized carbons (Fsp3) is 0.750. The summed E-state index contributed by atoms with van der Waals surface area (Å²) in [6.07, 6.45) is 2.98. The van der Waals surface area contributed by atoms with Crippen molar-refractivity contribution in [2.45, 2.75) is 38.4 Å². The number of Topliss-reactive ketones (excluding diaryl/α,β-unsaturated/α-hetero) is 1. The Hall–Kier alpha value is -0.700. The quantitative estimate of drug-likeness (QED) is 0.334.